The Kier molecular flexibility index (Phi) is 4.24. The van der Waals surface area contributed by atoms with Gasteiger partial charge in [-0.25, -0.2) is 4.98 Å². The Bertz CT molecular complexity index is 444. The fourth-order valence-corrected chi connectivity index (χ4v) is 3.12. The van der Waals surface area contributed by atoms with Crippen LogP contribution in [0.4, 0.5) is 0 Å². The second-order valence-corrected chi connectivity index (χ2v) is 5.31. The molecule has 2 N–H and O–H groups in total. The molecule has 1 heterocycles. The number of hydrogen-bond donors (Lipinski definition) is 2. The van der Waals surface area contributed by atoms with Crippen LogP contribution in [-0.4, -0.2) is 32.7 Å². The highest BCUT2D eigenvalue weighted by molar-refractivity contribution is 5.79. The zero-order chi connectivity index (χ0) is 13.9. The fraction of sp³-hybridized carbons (Fsp3) is 0.714. The van der Waals surface area contributed by atoms with Gasteiger partial charge in [-0.15, -0.1) is 0 Å². The molecular weight excluding hydrogens is 242 g/mol. The van der Waals surface area contributed by atoms with Crippen LogP contribution in [0.25, 0.3) is 0 Å². The number of carbonyl (C=O) groups is 1. The minimum Gasteiger partial charge on any atom is -0.480 e. The van der Waals surface area contributed by atoms with E-state index in [0.717, 1.165) is 25.1 Å². The summed E-state index contributed by atoms with van der Waals surface area (Å²) in [5.74, 6) is 0.346. The number of aryl methyl sites for hydroxylation is 1. The standard InChI is InChI=1S/C14H23N3O2/c1-3-5-12-15-8-9-17(12)11-6-7-14(10-11,13(18)19)16-4-2/h8-9,11,16H,3-7,10H2,1-2H3,(H,18,19). The van der Waals surface area contributed by atoms with Crippen molar-refractivity contribution < 1.29 is 9.90 Å². The Morgan fingerprint density at radius 1 is 1.63 bits per heavy atom. The average Bonchev–Trinajstić information content (AvgIpc) is 2.97. The molecule has 0 bridgehead atoms. The summed E-state index contributed by atoms with van der Waals surface area (Å²) in [5, 5.41) is 12.7. The molecule has 0 amide bonds. The molecule has 2 rings (SSSR count). The van der Waals surface area contributed by atoms with E-state index in [-0.39, 0.29) is 6.04 Å². The highest BCUT2D eigenvalue weighted by atomic mass is 16.4. The number of rotatable bonds is 6. The van der Waals surface area contributed by atoms with E-state index in [2.05, 4.69) is 21.8 Å². The van der Waals surface area contributed by atoms with E-state index in [9.17, 15) is 9.90 Å². The Labute approximate surface area is 114 Å². The molecule has 5 nitrogen and oxygen atoms in total. The molecule has 0 spiro atoms. The fourth-order valence-electron chi connectivity index (χ4n) is 3.12. The van der Waals surface area contributed by atoms with Gasteiger partial charge in [0.15, 0.2) is 0 Å². The van der Waals surface area contributed by atoms with Crippen LogP contribution in [0.5, 0.6) is 0 Å². The summed E-state index contributed by atoms with van der Waals surface area (Å²) in [6.45, 7) is 4.77. The van der Waals surface area contributed by atoms with Crippen molar-refractivity contribution in [3.05, 3.63) is 18.2 Å². The van der Waals surface area contributed by atoms with Crippen molar-refractivity contribution in [2.45, 2.75) is 57.5 Å². The highest BCUT2D eigenvalue weighted by Gasteiger charge is 2.45. The van der Waals surface area contributed by atoms with Gasteiger partial charge in [-0.3, -0.25) is 4.79 Å². The molecule has 5 heteroatoms. The molecule has 0 aromatic carbocycles. The summed E-state index contributed by atoms with van der Waals surface area (Å²) in [7, 11) is 0. The Balaban J connectivity index is 2.16. The maximum Gasteiger partial charge on any atom is 0.323 e. The predicted molar refractivity (Wildman–Crippen MR) is 73.2 cm³/mol. The average molecular weight is 265 g/mol. The normalized spacial score (nSPS) is 26.7. The SMILES string of the molecule is CCCc1nccn1C1CCC(NCC)(C(=O)O)C1. The minimum absolute atomic E-state index is 0.249. The van der Waals surface area contributed by atoms with Crippen molar-refractivity contribution in [2.24, 2.45) is 0 Å². The summed E-state index contributed by atoms with van der Waals surface area (Å²) < 4.78 is 2.17. The van der Waals surface area contributed by atoms with Gasteiger partial charge >= 0.3 is 5.97 Å². The first kappa shape index (κ1) is 14.1. The molecule has 2 atom stereocenters. The van der Waals surface area contributed by atoms with Crippen molar-refractivity contribution in [3.63, 3.8) is 0 Å². The highest BCUT2D eigenvalue weighted by Crippen LogP contribution is 2.38. The first-order chi connectivity index (χ1) is 9.13. The van der Waals surface area contributed by atoms with Crippen molar-refractivity contribution >= 4 is 5.97 Å². The van der Waals surface area contributed by atoms with Gasteiger partial charge in [0.1, 0.15) is 11.4 Å². The van der Waals surface area contributed by atoms with E-state index in [1.165, 1.54) is 0 Å². The number of carboxylic acid groups (broad SMARTS) is 1. The van der Waals surface area contributed by atoms with Crippen LogP contribution in [0.3, 0.4) is 0 Å². The third kappa shape index (κ3) is 2.66. The Morgan fingerprint density at radius 3 is 3.05 bits per heavy atom. The van der Waals surface area contributed by atoms with Crippen molar-refractivity contribution in [1.29, 1.82) is 0 Å². The van der Waals surface area contributed by atoms with Gasteiger partial charge in [0.05, 0.1) is 0 Å². The lowest BCUT2D eigenvalue weighted by Gasteiger charge is -2.25. The van der Waals surface area contributed by atoms with E-state index >= 15 is 0 Å². The van der Waals surface area contributed by atoms with Gasteiger partial charge in [-0.05, 0) is 32.2 Å². The molecule has 1 aliphatic rings. The van der Waals surface area contributed by atoms with Gasteiger partial charge in [0.2, 0.25) is 0 Å². The third-order valence-electron chi connectivity index (χ3n) is 4.03. The quantitative estimate of drug-likeness (QED) is 0.825. The summed E-state index contributed by atoms with van der Waals surface area (Å²) in [4.78, 5) is 15.9. The van der Waals surface area contributed by atoms with Crippen LogP contribution in [0.15, 0.2) is 12.4 Å². The van der Waals surface area contributed by atoms with Crippen molar-refractivity contribution in [1.82, 2.24) is 14.9 Å². The maximum absolute atomic E-state index is 11.6. The van der Waals surface area contributed by atoms with Gasteiger partial charge < -0.3 is 15.0 Å². The van der Waals surface area contributed by atoms with E-state index in [1.54, 1.807) is 0 Å². The van der Waals surface area contributed by atoms with E-state index in [4.69, 9.17) is 0 Å². The Morgan fingerprint density at radius 2 is 2.42 bits per heavy atom. The molecule has 0 radical (unpaired) electrons. The van der Waals surface area contributed by atoms with Gasteiger partial charge in [0, 0.05) is 24.9 Å². The molecule has 1 aliphatic carbocycles. The summed E-state index contributed by atoms with van der Waals surface area (Å²) in [6.07, 6.45) is 8.03. The van der Waals surface area contributed by atoms with Gasteiger partial charge in [0.25, 0.3) is 0 Å². The first-order valence-electron chi connectivity index (χ1n) is 7.13. The van der Waals surface area contributed by atoms with Crippen LogP contribution in [0.2, 0.25) is 0 Å². The summed E-state index contributed by atoms with van der Waals surface area (Å²) in [6, 6.07) is 0.249. The lowest BCUT2D eigenvalue weighted by molar-refractivity contribution is -0.144. The smallest absolute Gasteiger partial charge is 0.323 e. The topological polar surface area (TPSA) is 67.2 Å². The minimum atomic E-state index is -0.757. The van der Waals surface area contributed by atoms with Crippen LogP contribution >= 0.6 is 0 Å². The molecule has 0 saturated heterocycles. The number of likely N-dealkylation sites (N-methyl/N-ethyl adjacent to an activating group) is 1. The van der Waals surface area contributed by atoms with Crippen LogP contribution in [0.1, 0.15) is 51.4 Å². The van der Waals surface area contributed by atoms with E-state index < -0.39 is 11.5 Å². The number of aromatic nitrogens is 2. The van der Waals surface area contributed by atoms with Crippen LogP contribution in [0, 0.1) is 0 Å². The van der Waals surface area contributed by atoms with E-state index in [1.807, 2.05) is 19.3 Å². The van der Waals surface area contributed by atoms with Crippen LogP contribution in [-0.2, 0) is 11.2 Å². The Hall–Kier alpha value is -1.36. The van der Waals surface area contributed by atoms with Gasteiger partial charge in [-0.1, -0.05) is 13.8 Å². The molecule has 1 fully saturated rings. The first-order valence-corrected chi connectivity index (χ1v) is 7.13. The molecule has 1 saturated carbocycles. The summed E-state index contributed by atoms with van der Waals surface area (Å²) in [5.41, 5.74) is -0.757. The lowest BCUT2D eigenvalue weighted by atomic mass is 9.97. The third-order valence-corrected chi connectivity index (χ3v) is 4.03. The predicted octanol–water partition coefficient (Wildman–Crippen LogP) is 1.99. The molecule has 106 valence electrons. The lowest BCUT2D eigenvalue weighted by Crippen LogP contribution is -2.50. The molecular formula is C14H23N3O2. The van der Waals surface area contributed by atoms with Crippen molar-refractivity contribution in [3.8, 4) is 0 Å². The number of hydrogen-bond acceptors (Lipinski definition) is 3. The summed E-state index contributed by atoms with van der Waals surface area (Å²) >= 11 is 0. The largest absolute Gasteiger partial charge is 0.480 e. The second kappa shape index (κ2) is 5.74. The molecule has 1 aromatic rings. The second-order valence-electron chi connectivity index (χ2n) is 5.31. The number of aliphatic carboxylic acids is 1. The zero-order valence-electron chi connectivity index (χ0n) is 11.7. The van der Waals surface area contributed by atoms with Gasteiger partial charge in [-0.2, -0.15) is 0 Å². The zero-order valence-corrected chi connectivity index (χ0v) is 11.7. The number of imidazole rings is 1. The molecule has 1 aromatic heterocycles. The van der Waals surface area contributed by atoms with Crippen molar-refractivity contribution in [2.75, 3.05) is 6.54 Å². The number of nitrogens with zero attached hydrogens (tertiary/aromatic N) is 2. The monoisotopic (exact) mass is 265 g/mol. The number of carboxylic acids is 1. The van der Waals surface area contributed by atoms with E-state index in [0.29, 0.717) is 19.4 Å². The van der Waals surface area contributed by atoms with Crippen LogP contribution < -0.4 is 5.32 Å². The molecule has 2 unspecified atom stereocenters. The molecule has 0 aliphatic heterocycles. The molecule has 19 heavy (non-hydrogen) atoms. The maximum atomic E-state index is 11.6. The number of nitrogens with one attached hydrogen (secondary N) is 1.